The molecule has 3 rings (SSSR count). The maximum atomic E-state index is 12.1. The Balaban J connectivity index is 1.61. The molecule has 0 aliphatic heterocycles. The van der Waals surface area contributed by atoms with E-state index in [0.29, 0.717) is 11.1 Å². The van der Waals surface area contributed by atoms with Crippen molar-refractivity contribution in [3.05, 3.63) is 75.6 Å². The van der Waals surface area contributed by atoms with Crippen molar-refractivity contribution < 1.29 is 23.5 Å². The molecule has 0 radical (unpaired) electrons. The van der Waals surface area contributed by atoms with E-state index >= 15 is 0 Å². The summed E-state index contributed by atoms with van der Waals surface area (Å²) in [7, 11) is 0. The summed E-state index contributed by atoms with van der Waals surface area (Å²) < 4.78 is 15.7. The molecule has 1 N–H and O–H groups in total. The van der Waals surface area contributed by atoms with Gasteiger partial charge in [0, 0.05) is 17.0 Å². The van der Waals surface area contributed by atoms with E-state index < -0.39 is 17.7 Å². The number of alkyl carbamates (subject to hydrolysis) is 1. The lowest BCUT2D eigenvalue weighted by Gasteiger charge is -2.11. The van der Waals surface area contributed by atoms with E-state index in [1.165, 1.54) is 6.07 Å². The summed E-state index contributed by atoms with van der Waals surface area (Å²) >= 11 is 0. The van der Waals surface area contributed by atoms with Gasteiger partial charge in [-0.25, -0.2) is 14.4 Å². The summed E-state index contributed by atoms with van der Waals surface area (Å²) in [4.78, 5) is 35.8. The Bertz CT molecular complexity index is 1100. The summed E-state index contributed by atoms with van der Waals surface area (Å²) in [6, 6.07) is 14.1. The molecule has 0 spiro atoms. The Hall–Kier alpha value is -3.61. The van der Waals surface area contributed by atoms with Crippen LogP contribution in [0.1, 0.15) is 30.0 Å². The third-order valence-corrected chi connectivity index (χ3v) is 4.53. The Morgan fingerprint density at radius 3 is 2.60 bits per heavy atom. The fourth-order valence-corrected chi connectivity index (χ4v) is 3.07. The van der Waals surface area contributed by atoms with Crippen LogP contribution in [0.25, 0.3) is 11.0 Å². The molecular formula is C23H23NO6. The Morgan fingerprint density at radius 2 is 1.87 bits per heavy atom. The van der Waals surface area contributed by atoms with Crippen molar-refractivity contribution >= 4 is 23.0 Å². The van der Waals surface area contributed by atoms with Crippen molar-refractivity contribution in [3.8, 4) is 5.75 Å². The highest BCUT2D eigenvalue weighted by atomic mass is 16.6. The average molecular weight is 409 g/mol. The van der Waals surface area contributed by atoms with Gasteiger partial charge in [-0.3, -0.25) is 0 Å². The Kier molecular flexibility index (Phi) is 6.85. The molecule has 1 heterocycles. The van der Waals surface area contributed by atoms with Crippen LogP contribution < -0.4 is 15.7 Å². The lowest BCUT2D eigenvalue weighted by molar-refractivity contribution is -0.133. The van der Waals surface area contributed by atoms with E-state index in [0.717, 1.165) is 29.4 Å². The number of esters is 1. The van der Waals surface area contributed by atoms with Gasteiger partial charge in [0.15, 0.2) is 0 Å². The summed E-state index contributed by atoms with van der Waals surface area (Å²) in [6.45, 7) is 3.49. The molecule has 7 nitrogen and oxygen atoms in total. The van der Waals surface area contributed by atoms with Crippen LogP contribution in [0.3, 0.4) is 0 Å². The Morgan fingerprint density at radius 1 is 1.10 bits per heavy atom. The maximum absolute atomic E-state index is 12.1. The second-order valence-electron chi connectivity index (χ2n) is 6.80. The molecule has 0 atom stereocenters. The maximum Gasteiger partial charge on any atom is 0.407 e. The molecule has 0 aliphatic rings. The molecule has 156 valence electrons. The van der Waals surface area contributed by atoms with Crippen molar-refractivity contribution in [2.75, 3.05) is 6.54 Å². The van der Waals surface area contributed by atoms with Crippen LogP contribution >= 0.6 is 0 Å². The zero-order valence-electron chi connectivity index (χ0n) is 16.9. The number of ether oxygens (including phenoxy) is 2. The number of benzene rings is 2. The molecule has 2 aromatic carbocycles. The summed E-state index contributed by atoms with van der Waals surface area (Å²) in [5.41, 5.74) is 2.23. The fraction of sp³-hybridized carbons (Fsp3) is 0.261. The lowest BCUT2D eigenvalue weighted by Crippen LogP contribution is -2.32. The molecule has 0 saturated heterocycles. The highest BCUT2D eigenvalue weighted by Gasteiger charge is 2.15. The molecule has 0 unspecified atom stereocenters. The minimum atomic E-state index is -0.721. The van der Waals surface area contributed by atoms with Gasteiger partial charge in [0.25, 0.3) is 0 Å². The van der Waals surface area contributed by atoms with Crippen molar-refractivity contribution in [2.24, 2.45) is 0 Å². The highest BCUT2D eigenvalue weighted by molar-refractivity contribution is 5.86. The van der Waals surface area contributed by atoms with Crippen molar-refractivity contribution in [1.82, 2.24) is 5.32 Å². The molecule has 30 heavy (non-hydrogen) atoms. The first-order chi connectivity index (χ1) is 14.5. The minimum absolute atomic E-state index is 0.102. The monoisotopic (exact) mass is 409 g/mol. The fourth-order valence-electron chi connectivity index (χ4n) is 3.07. The molecular weight excluding hydrogens is 386 g/mol. The number of hydrogen-bond donors (Lipinski definition) is 1. The van der Waals surface area contributed by atoms with Gasteiger partial charge in [-0.2, -0.15) is 0 Å². The summed E-state index contributed by atoms with van der Waals surface area (Å²) in [6.07, 6.45) is 0.914. The molecule has 0 fully saturated rings. The summed E-state index contributed by atoms with van der Waals surface area (Å²) in [5, 5.41) is 3.17. The molecule has 0 bridgehead atoms. The van der Waals surface area contributed by atoms with E-state index in [-0.39, 0.29) is 18.9 Å². The van der Waals surface area contributed by atoms with E-state index in [2.05, 4.69) is 5.32 Å². The van der Waals surface area contributed by atoms with E-state index in [4.69, 9.17) is 13.9 Å². The normalized spacial score (nSPS) is 10.6. The van der Waals surface area contributed by atoms with Gasteiger partial charge in [-0.15, -0.1) is 0 Å². The second-order valence-corrected chi connectivity index (χ2v) is 6.80. The molecule has 3 aromatic rings. The lowest BCUT2D eigenvalue weighted by atomic mass is 10.0. The minimum Gasteiger partial charge on any atom is -0.445 e. The van der Waals surface area contributed by atoms with Gasteiger partial charge in [0.05, 0.1) is 0 Å². The number of carbonyl (C=O) groups is 2. The molecule has 0 aliphatic carbocycles. The largest absolute Gasteiger partial charge is 0.445 e. The smallest absolute Gasteiger partial charge is 0.407 e. The molecule has 0 saturated carbocycles. The summed E-state index contributed by atoms with van der Waals surface area (Å²) in [5.74, 6) is -0.398. The van der Waals surface area contributed by atoms with Crippen LogP contribution in [-0.2, 0) is 22.6 Å². The van der Waals surface area contributed by atoms with E-state index in [9.17, 15) is 14.4 Å². The number of fused-ring (bicyclic) bond motifs is 1. The van der Waals surface area contributed by atoms with Crippen LogP contribution in [0.4, 0.5) is 4.79 Å². The molecule has 1 amide bonds. The highest BCUT2D eigenvalue weighted by Crippen LogP contribution is 2.29. The van der Waals surface area contributed by atoms with Crippen molar-refractivity contribution in [3.63, 3.8) is 0 Å². The van der Waals surface area contributed by atoms with Crippen LogP contribution in [0, 0.1) is 6.92 Å². The van der Waals surface area contributed by atoms with Crippen LogP contribution in [0.5, 0.6) is 5.75 Å². The first-order valence-electron chi connectivity index (χ1n) is 9.69. The predicted octanol–water partition coefficient (Wildman–Crippen LogP) is 3.89. The number of carbonyl (C=O) groups excluding carboxylic acids is 2. The standard InChI is InChI=1S/C23H23NO6/c1-3-7-17-12-20(25)30-22-15(2)19(11-10-18(17)22)29-21(26)13-24-23(27)28-14-16-8-5-4-6-9-16/h4-6,8-12H,3,7,13-14H2,1-2H3,(H,24,27). The van der Waals surface area contributed by atoms with E-state index in [1.807, 2.05) is 37.3 Å². The second kappa shape index (κ2) is 9.73. The number of aryl methyl sites for hydroxylation is 2. The SMILES string of the molecule is CCCc1cc(=O)oc2c(C)c(OC(=O)CNC(=O)OCc3ccccc3)ccc12. The first kappa shape index (κ1) is 21.1. The van der Waals surface area contributed by atoms with Gasteiger partial charge in [0.1, 0.15) is 24.5 Å². The zero-order valence-corrected chi connectivity index (χ0v) is 16.9. The first-order valence-corrected chi connectivity index (χ1v) is 9.69. The number of nitrogens with one attached hydrogen (secondary N) is 1. The van der Waals surface area contributed by atoms with Crippen molar-refractivity contribution in [2.45, 2.75) is 33.3 Å². The van der Waals surface area contributed by atoms with Gasteiger partial charge >= 0.3 is 17.7 Å². The van der Waals surface area contributed by atoms with Gasteiger partial charge in [0.2, 0.25) is 0 Å². The predicted molar refractivity (Wildman–Crippen MR) is 111 cm³/mol. The third kappa shape index (κ3) is 5.26. The van der Waals surface area contributed by atoms with Crippen molar-refractivity contribution in [1.29, 1.82) is 0 Å². The van der Waals surface area contributed by atoms with Crippen LogP contribution in [0.2, 0.25) is 0 Å². The van der Waals surface area contributed by atoms with E-state index in [1.54, 1.807) is 19.1 Å². The quantitative estimate of drug-likeness (QED) is 0.361. The number of amides is 1. The zero-order chi connectivity index (χ0) is 21.5. The van der Waals surface area contributed by atoms with Gasteiger partial charge in [-0.05, 0) is 36.6 Å². The number of rotatable bonds is 7. The average Bonchev–Trinajstić information content (AvgIpc) is 2.74. The molecule has 1 aromatic heterocycles. The number of hydrogen-bond acceptors (Lipinski definition) is 6. The third-order valence-electron chi connectivity index (χ3n) is 4.53. The topological polar surface area (TPSA) is 94.8 Å². The van der Waals surface area contributed by atoms with Gasteiger partial charge < -0.3 is 19.2 Å². The van der Waals surface area contributed by atoms with Crippen LogP contribution in [-0.4, -0.2) is 18.6 Å². The van der Waals surface area contributed by atoms with Gasteiger partial charge in [-0.1, -0.05) is 43.7 Å². The van der Waals surface area contributed by atoms with Crippen LogP contribution in [0.15, 0.2) is 57.7 Å². The molecule has 7 heteroatoms. The Labute approximate surface area is 173 Å².